The Morgan fingerprint density at radius 2 is 1.53 bits per heavy atom. The first-order valence-electron chi connectivity index (χ1n) is 3.17. The van der Waals surface area contributed by atoms with Crippen LogP contribution in [0.1, 0.15) is 0 Å². The molecule has 0 saturated carbocycles. The van der Waals surface area contributed by atoms with E-state index in [0.717, 1.165) is 6.41 Å². The van der Waals surface area contributed by atoms with Gasteiger partial charge in [0.15, 0.2) is 0 Å². The van der Waals surface area contributed by atoms with Crippen LogP contribution in [0, 0.1) is 0 Å². The highest BCUT2D eigenvalue weighted by Gasteiger charge is 2.38. The number of carboxylic acids is 1. The molecule has 0 aliphatic carbocycles. The van der Waals surface area contributed by atoms with Crippen molar-refractivity contribution in [2.75, 3.05) is 19.4 Å². The molecule has 92 valence electrons. The van der Waals surface area contributed by atoms with Crippen LogP contribution in [0.4, 0.5) is 13.2 Å². The van der Waals surface area contributed by atoms with Crippen LogP contribution in [0.25, 0.3) is 0 Å². The molecular formula is C6H10Cl2F3NO3. The summed E-state index contributed by atoms with van der Waals surface area (Å²) in [5, 5.41) is 7.32. The van der Waals surface area contributed by atoms with Crippen LogP contribution in [-0.4, -0.2) is 48.0 Å². The van der Waals surface area contributed by atoms with E-state index < -0.39 is 12.1 Å². The molecule has 0 heterocycles. The first-order valence-corrected chi connectivity index (χ1v) is 4.24. The Balaban J connectivity index is -0.000000158. The van der Waals surface area contributed by atoms with Crippen LogP contribution >= 0.6 is 23.2 Å². The minimum absolute atomic E-state index is 0.194. The molecule has 0 aliphatic rings. The molecular weight excluding hydrogens is 262 g/mol. The van der Waals surface area contributed by atoms with E-state index in [1.54, 1.807) is 14.1 Å². The highest BCUT2D eigenvalue weighted by Crippen LogP contribution is 2.13. The van der Waals surface area contributed by atoms with Crippen molar-refractivity contribution in [2.24, 2.45) is 0 Å². The minimum atomic E-state index is -5.08. The van der Waals surface area contributed by atoms with Gasteiger partial charge < -0.3 is 10.0 Å². The molecule has 0 spiro atoms. The third-order valence-electron chi connectivity index (χ3n) is 0.453. The van der Waals surface area contributed by atoms with Gasteiger partial charge in [0.2, 0.25) is 6.41 Å². The average molecular weight is 272 g/mol. The monoisotopic (exact) mass is 271 g/mol. The lowest BCUT2D eigenvalue weighted by atomic mass is 10.7. The fourth-order valence-electron chi connectivity index (χ4n) is 0. The van der Waals surface area contributed by atoms with Gasteiger partial charge in [-0.15, -0.1) is 23.2 Å². The van der Waals surface area contributed by atoms with Crippen molar-refractivity contribution < 1.29 is 27.9 Å². The quantitative estimate of drug-likeness (QED) is 0.584. The number of halogens is 5. The van der Waals surface area contributed by atoms with Gasteiger partial charge in [-0.2, -0.15) is 13.2 Å². The van der Waals surface area contributed by atoms with Gasteiger partial charge in [-0.05, 0) is 0 Å². The second-order valence-corrected chi connectivity index (χ2v) is 2.78. The molecule has 0 radical (unpaired) electrons. The number of carbonyl (C=O) groups excluding carboxylic acids is 1. The number of carboxylic acid groups (broad SMARTS) is 1. The minimum Gasteiger partial charge on any atom is -0.475 e. The van der Waals surface area contributed by atoms with Crippen molar-refractivity contribution in [3.8, 4) is 0 Å². The highest BCUT2D eigenvalue weighted by atomic mass is 35.5. The van der Waals surface area contributed by atoms with E-state index in [9.17, 15) is 18.0 Å². The molecule has 0 aromatic carbocycles. The molecule has 0 aromatic rings. The summed E-state index contributed by atoms with van der Waals surface area (Å²) < 4.78 is 31.7. The molecule has 0 aromatic heterocycles. The van der Waals surface area contributed by atoms with Gasteiger partial charge in [0, 0.05) is 14.1 Å². The van der Waals surface area contributed by atoms with Gasteiger partial charge in [0.1, 0.15) is 0 Å². The number of carbonyl (C=O) groups is 2. The largest absolute Gasteiger partial charge is 0.490 e. The van der Waals surface area contributed by atoms with E-state index in [2.05, 4.69) is 0 Å². The molecule has 1 N–H and O–H groups in total. The smallest absolute Gasteiger partial charge is 0.475 e. The number of hydrogen-bond donors (Lipinski definition) is 1. The molecule has 0 bridgehead atoms. The summed E-state index contributed by atoms with van der Waals surface area (Å²) in [6.45, 7) is 0. The number of amides is 1. The summed E-state index contributed by atoms with van der Waals surface area (Å²) in [5.41, 5.74) is 0. The Labute approximate surface area is 94.6 Å². The highest BCUT2D eigenvalue weighted by molar-refractivity contribution is 6.40. The Morgan fingerprint density at radius 1 is 1.40 bits per heavy atom. The third kappa shape index (κ3) is 31.9. The molecule has 0 aliphatic heterocycles. The third-order valence-corrected chi connectivity index (χ3v) is 0.453. The Bertz CT molecular complexity index is 175. The molecule has 4 nitrogen and oxygen atoms in total. The second kappa shape index (κ2) is 11.4. The van der Waals surface area contributed by atoms with Crippen molar-refractivity contribution in [1.29, 1.82) is 0 Å². The predicted molar refractivity (Wildman–Crippen MR) is 50.0 cm³/mol. The van der Waals surface area contributed by atoms with Crippen molar-refractivity contribution in [1.82, 2.24) is 4.90 Å². The lowest BCUT2D eigenvalue weighted by molar-refractivity contribution is -0.192. The fourth-order valence-corrected chi connectivity index (χ4v) is 0. The van der Waals surface area contributed by atoms with Gasteiger partial charge in [0.25, 0.3) is 0 Å². The Hall–Kier alpha value is -0.690. The summed E-state index contributed by atoms with van der Waals surface area (Å²) in [6, 6.07) is 0. The summed E-state index contributed by atoms with van der Waals surface area (Å²) >= 11 is 9.53. The van der Waals surface area contributed by atoms with Gasteiger partial charge in [0.05, 0.1) is 5.34 Å². The number of alkyl halides is 5. The van der Waals surface area contributed by atoms with E-state index in [-0.39, 0.29) is 5.34 Å². The van der Waals surface area contributed by atoms with Crippen LogP contribution < -0.4 is 0 Å². The van der Waals surface area contributed by atoms with Crippen molar-refractivity contribution in [2.45, 2.75) is 6.18 Å². The van der Waals surface area contributed by atoms with Crippen molar-refractivity contribution in [3.05, 3.63) is 0 Å². The topological polar surface area (TPSA) is 57.6 Å². The Morgan fingerprint density at radius 3 is 1.53 bits per heavy atom. The van der Waals surface area contributed by atoms with Crippen LogP contribution in [0.3, 0.4) is 0 Å². The maximum atomic E-state index is 10.6. The molecule has 0 unspecified atom stereocenters. The zero-order valence-corrected chi connectivity index (χ0v) is 9.40. The molecule has 9 heteroatoms. The number of rotatable bonds is 1. The first-order chi connectivity index (χ1) is 6.63. The van der Waals surface area contributed by atoms with Gasteiger partial charge in [-0.3, -0.25) is 4.79 Å². The molecule has 15 heavy (non-hydrogen) atoms. The maximum Gasteiger partial charge on any atom is 0.490 e. The predicted octanol–water partition coefficient (Wildman–Crippen LogP) is 1.76. The Kier molecular flexibility index (Phi) is 15.0. The fraction of sp³-hybridized carbons (Fsp3) is 0.667. The summed E-state index contributed by atoms with van der Waals surface area (Å²) in [6.07, 6.45) is -4.33. The summed E-state index contributed by atoms with van der Waals surface area (Å²) in [7, 11) is 3.38. The molecule has 0 saturated heterocycles. The average Bonchev–Trinajstić information content (AvgIpc) is 2.05. The standard InChI is InChI=1S/C3H7NO.C2HF3O2.CH2Cl2/c1-4(2)3-5;3-2(4,5)1(6)7;2-1-3/h3H,1-2H3;(H,6,7);1H2. The normalized spacial score (nSPS) is 8.73. The van der Waals surface area contributed by atoms with Crippen molar-refractivity contribution >= 4 is 35.6 Å². The van der Waals surface area contributed by atoms with E-state index in [1.165, 1.54) is 4.90 Å². The van der Waals surface area contributed by atoms with Gasteiger partial charge >= 0.3 is 12.1 Å². The maximum absolute atomic E-state index is 10.6. The zero-order chi connectivity index (χ0) is 13.1. The number of aliphatic carboxylic acids is 1. The first kappa shape index (κ1) is 19.8. The SMILES string of the molecule is CN(C)C=O.ClCCl.O=C(O)C(F)(F)F. The van der Waals surface area contributed by atoms with Crippen LogP contribution in [-0.2, 0) is 9.59 Å². The molecule has 1 amide bonds. The zero-order valence-electron chi connectivity index (χ0n) is 7.89. The van der Waals surface area contributed by atoms with Crippen LogP contribution in [0.5, 0.6) is 0 Å². The van der Waals surface area contributed by atoms with E-state index in [4.69, 9.17) is 33.1 Å². The lowest BCUT2D eigenvalue weighted by Gasteiger charge is -1.93. The van der Waals surface area contributed by atoms with Crippen LogP contribution in [0.2, 0.25) is 0 Å². The van der Waals surface area contributed by atoms with E-state index >= 15 is 0 Å². The van der Waals surface area contributed by atoms with E-state index in [0.29, 0.717) is 0 Å². The van der Waals surface area contributed by atoms with E-state index in [1.807, 2.05) is 0 Å². The molecule has 0 rings (SSSR count). The summed E-state index contributed by atoms with van der Waals surface area (Å²) in [5.74, 6) is -2.76. The lowest BCUT2D eigenvalue weighted by Crippen LogP contribution is -2.21. The number of nitrogens with zero attached hydrogens (tertiary/aromatic N) is 1. The number of hydrogen-bond acceptors (Lipinski definition) is 2. The van der Waals surface area contributed by atoms with Crippen LogP contribution in [0.15, 0.2) is 0 Å². The molecule has 0 atom stereocenters. The van der Waals surface area contributed by atoms with Gasteiger partial charge in [-0.1, -0.05) is 0 Å². The summed E-state index contributed by atoms with van der Waals surface area (Å²) in [4.78, 5) is 19.8. The second-order valence-electron chi connectivity index (χ2n) is 1.97. The van der Waals surface area contributed by atoms with Crippen molar-refractivity contribution in [3.63, 3.8) is 0 Å². The van der Waals surface area contributed by atoms with Gasteiger partial charge in [-0.25, -0.2) is 4.79 Å². The molecule has 0 fully saturated rings.